The van der Waals surface area contributed by atoms with E-state index in [0.29, 0.717) is 29.1 Å². The molecule has 0 atom stereocenters. The Hall–Kier alpha value is -3.72. The summed E-state index contributed by atoms with van der Waals surface area (Å²) < 4.78 is 16.1. The zero-order valence-corrected chi connectivity index (χ0v) is 14.6. The van der Waals surface area contributed by atoms with Gasteiger partial charge < -0.3 is 19.2 Å². The fraction of sp³-hybridized carbons (Fsp3) is 0.143. The summed E-state index contributed by atoms with van der Waals surface area (Å²) in [7, 11) is 0. The van der Waals surface area contributed by atoms with Crippen LogP contribution in [0.2, 0.25) is 0 Å². The number of carbonyl (C=O) groups excluding carboxylic acids is 1. The average Bonchev–Trinajstić information content (AvgIpc) is 3.24. The van der Waals surface area contributed by atoms with Crippen LogP contribution in [-0.2, 0) is 11.3 Å². The lowest BCUT2D eigenvalue weighted by Gasteiger charge is -2.11. The smallest absolute Gasteiger partial charge is 0.340 e. The maximum atomic E-state index is 12.3. The van der Waals surface area contributed by atoms with Crippen molar-refractivity contribution in [2.45, 2.75) is 6.54 Å². The van der Waals surface area contributed by atoms with Gasteiger partial charge in [0.05, 0.1) is 30.0 Å². The summed E-state index contributed by atoms with van der Waals surface area (Å²) in [6.45, 7) is 0.810. The molecule has 0 saturated carbocycles. The van der Waals surface area contributed by atoms with Crippen molar-refractivity contribution in [2.24, 2.45) is 0 Å². The molecule has 1 N–H and O–H groups in total. The highest BCUT2D eigenvalue weighted by atomic mass is 16.6. The SMILES string of the molecule is N#Cc1ccc(OCCOC(=O)c2ccccc2NCc2ccco2)cc1. The number of benzene rings is 2. The number of hydrogen-bond donors (Lipinski definition) is 1. The zero-order chi connectivity index (χ0) is 18.9. The monoisotopic (exact) mass is 362 g/mol. The van der Waals surface area contributed by atoms with Crippen LogP contribution in [0.25, 0.3) is 0 Å². The van der Waals surface area contributed by atoms with Crippen molar-refractivity contribution in [3.05, 3.63) is 83.8 Å². The van der Waals surface area contributed by atoms with Gasteiger partial charge in [-0.2, -0.15) is 5.26 Å². The van der Waals surface area contributed by atoms with Crippen LogP contribution in [0.3, 0.4) is 0 Å². The van der Waals surface area contributed by atoms with Gasteiger partial charge in [0.2, 0.25) is 0 Å². The molecule has 0 bridgehead atoms. The molecule has 0 spiro atoms. The molecule has 6 heteroatoms. The largest absolute Gasteiger partial charge is 0.490 e. The van der Waals surface area contributed by atoms with E-state index in [2.05, 4.69) is 5.32 Å². The second kappa shape index (κ2) is 9.11. The molecule has 1 heterocycles. The Labute approximate surface area is 156 Å². The lowest BCUT2D eigenvalue weighted by atomic mass is 10.2. The number of para-hydroxylation sites is 1. The fourth-order valence-electron chi connectivity index (χ4n) is 2.41. The van der Waals surface area contributed by atoms with Crippen LogP contribution in [0.5, 0.6) is 5.75 Å². The van der Waals surface area contributed by atoms with Crippen molar-refractivity contribution in [1.82, 2.24) is 0 Å². The topological polar surface area (TPSA) is 84.5 Å². The molecule has 0 fully saturated rings. The highest BCUT2D eigenvalue weighted by Crippen LogP contribution is 2.18. The number of hydrogen-bond acceptors (Lipinski definition) is 6. The number of nitrogens with one attached hydrogen (secondary N) is 1. The summed E-state index contributed by atoms with van der Waals surface area (Å²) in [5.41, 5.74) is 1.68. The van der Waals surface area contributed by atoms with Gasteiger partial charge in [-0.25, -0.2) is 4.79 Å². The van der Waals surface area contributed by atoms with E-state index in [1.54, 1.807) is 42.7 Å². The van der Waals surface area contributed by atoms with Crippen LogP contribution in [0, 0.1) is 11.3 Å². The molecule has 0 unspecified atom stereocenters. The van der Waals surface area contributed by atoms with Gasteiger partial charge in [0.15, 0.2) is 0 Å². The molecule has 136 valence electrons. The Balaban J connectivity index is 1.49. The normalized spacial score (nSPS) is 10.0. The highest BCUT2D eigenvalue weighted by molar-refractivity contribution is 5.95. The van der Waals surface area contributed by atoms with E-state index in [1.165, 1.54) is 0 Å². The summed E-state index contributed by atoms with van der Waals surface area (Å²) in [6, 6.07) is 19.6. The minimum atomic E-state index is -0.430. The molecule has 0 aliphatic rings. The Morgan fingerprint density at radius 1 is 1.04 bits per heavy atom. The van der Waals surface area contributed by atoms with Gasteiger partial charge in [-0.15, -0.1) is 0 Å². The highest BCUT2D eigenvalue weighted by Gasteiger charge is 2.12. The lowest BCUT2D eigenvalue weighted by Crippen LogP contribution is -2.14. The van der Waals surface area contributed by atoms with E-state index in [0.717, 1.165) is 5.76 Å². The molecule has 27 heavy (non-hydrogen) atoms. The first-order valence-corrected chi connectivity index (χ1v) is 8.41. The number of rotatable bonds is 8. The van der Waals surface area contributed by atoms with Crippen molar-refractivity contribution in [1.29, 1.82) is 5.26 Å². The van der Waals surface area contributed by atoms with Gasteiger partial charge >= 0.3 is 5.97 Å². The number of esters is 1. The standard InChI is InChI=1S/C21H18N2O4/c22-14-16-7-9-17(10-8-16)26-12-13-27-21(24)19-5-1-2-6-20(19)23-15-18-4-3-11-25-18/h1-11,23H,12-13,15H2. The predicted octanol–water partition coefficient (Wildman–Crippen LogP) is 4.00. The Kier molecular flexibility index (Phi) is 6.10. The van der Waals surface area contributed by atoms with Crippen LogP contribution in [0.15, 0.2) is 71.3 Å². The molecule has 3 rings (SSSR count). The number of ether oxygens (including phenoxy) is 2. The lowest BCUT2D eigenvalue weighted by molar-refractivity contribution is 0.0451. The number of furan rings is 1. The summed E-state index contributed by atoms with van der Waals surface area (Å²) in [5, 5.41) is 11.9. The fourth-order valence-corrected chi connectivity index (χ4v) is 2.41. The number of anilines is 1. The van der Waals surface area contributed by atoms with Crippen LogP contribution >= 0.6 is 0 Å². The Morgan fingerprint density at radius 2 is 1.85 bits per heavy atom. The summed E-state index contributed by atoms with van der Waals surface area (Å²) in [5.74, 6) is 0.959. The molecule has 0 radical (unpaired) electrons. The first-order chi connectivity index (χ1) is 13.3. The van der Waals surface area contributed by atoms with Crippen molar-refractivity contribution >= 4 is 11.7 Å². The molecule has 0 amide bonds. The van der Waals surface area contributed by atoms with Gasteiger partial charge in [0.25, 0.3) is 0 Å². The molecule has 2 aromatic carbocycles. The first-order valence-electron chi connectivity index (χ1n) is 8.41. The third-order valence-corrected chi connectivity index (χ3v) is 3.75. The van der Waals surface area contributed by atoms with Gasteiger partial charge in [-0.3, -0.25) is 0 Å². The van der Waals surface area contributed by atoms with Crippen molar-refractivity contribution in [3.63, 3.8) is 0 Å². The molecule has 1 aromatic heterocycles. The third-order valence-electron chi connectivity index (χ3n) is 3.75. The van der Waals surface area contributed by atoms with Crippen LogP contribution in [0.1, 0.15) is 21.7 Å². The Morgan fingerprint density at radius 3 is 2.59 bits per heavy atom. The van der Waals surface area contributed by atoms with Gasteiger partial charge in [0, 0.05) is 5.69 Å². The van der Waals surface area contributed by atoms with Crippen LogP contribution in [-0.4, -0.2) is 19.2 Å². The second-order valence-corrected chi connectivity index (χ2v) is 5.60. The maximum absolute atomic E-state index is 12.3. The van der Waals surface area contributed by atoms with Gasteiger partial charge in [0.1, 0.15) is 24.7 Å². The molecule has 0 saturated heterocycles. The summed E-state index contributed by atoms with van der Waals surface area (Å²) >= 11 is 0. The van der Waals surface area contributed by atoms with Gasteiger partial charge in [-0.1, -0.05) is 12.1 Å². The third kappa shape index (κ3) is 5.13. The van der Waals surface area contributed by atoms with Crippen LogP contribution < -0.4 is 10.1 Å². The number of carbonyl (C=O) groups is 1. The van der Waals surface area contributed by atoms with E-state index in [9.17, 15) is 4.79 Å². The Bertz CT molecular complexity index is 912. The molecular weight excluding hydrogens is 344 g/mol. The molecular formula is C21H18N2O4. The van der Waals surface area contributed by atoms with Crippen molar-refractivity contribution in [2.75, 3.05) is 18.5 Å². The molecule has 0 aliphatic heterocycles. The number of nitriles is 1. The molecule has 0 aliphatic carbocycles. The minimum Gasteiger partial charge on any atom is -0.490 e. The van der Waals surface area contributed by atoms with Gasteiger partial charge in [-0.05, 0) is 48.5 Å². The first kappa shape index (κ1) is 18.1. The van der Waals surface area contributed by atoms with E-state index in [4.69, 9.17) is 19.2 Å². The molecule has 3 aromatic rings. The zero-order valence-electron chi connectivity index (χ0n) is 14.6. The van der Waals surface area contributed by atoms with E-state index in [1.807, 2.05) is 30.3 Å². The summed E-state index contributed by atoms with van der Waals surface area (Å²) in [4.78, 5) is 12.3. The van der Waals surface area contributed by atoms with Crippen molar-refractivity contribution in [3.8, 4) is 11.8 Å². The quantitative estimate of drug-likeness (QED) is 0.482. The second-order valence-electron chi connectivity index (χ2n) is 5.60. The van der Waals surface area contributed by atoms with E-state index < -0.39 is 5.97 Å². The van der Waals surface area contributed by atoms with Crippen LogP contribution in [0.4, 0.5) is 5.69 Å². The summed E-state index contributed by atoms with van der Waals surface area (Å²) in [6.07, 6.45) is 1.60. The minimum absolute atomic E-state index is 0.116. The molecule has 6 nitrogen and oxygen atoms in total. The maximum Gasteiger partial charge on any atom is 0.340 e. The van der Waals surface area contributed by atoms with Crippen molar-refractivity contribution < 1.29 is 18.7 Å². The number of nitrogens with zero attached hydrogens (tertiary/aromatic N) is 1. The average molecular weight is 362 g/mol. The van der Waals surface area contributed by atoms with E-state index >= 15 is 0 Å². The predicted molar refractivity (Wildman–Crippen MR) is 99.4 cm³/mol. The van der Waals surface area contributed by atoms with E-state index in [-0.39, 0.29) is 13.2 Å².